The number of hydrogen-bond donors (Lipinski definition) is 2. The molecule has 15 heavy (non-hydrogen) atoms. The molecule has 0 aromatic carbocycles. The minimum absolute atomic E-state index is 0.0579. The summed E-state index contributed by atoms with van der Waals surface area (Å²) in [5, 5.41) is 6.32. The molecule has 0 radical (unpaired) electrons. The van der Waals surface area contributed by atoms with E-state index in [0.29, 0.717) is 11.8 Å². The summed E-state index contributed by atoms with van der Waals surface area (Å²) in [7, 11) is 0. The van der Waals surface area contributed by atoms with Crippen molar-refractivity contribution in [2.75, 3.05) is 13.1 Å². The summed E-state index contributed by atoms with van der Waals surface area (Å²) in [4.78, 5) is 11.3. The van der Waals surface area contributed by atoms with Crippen LogP contribution < -0.4 is 10.6 Å². The first-order valence-corrected chi connectivity index (χ1v) is 5.77. The van der Waals surface area contributed by atoms with Crippen molar-refractivity contribution in [2.24, 2.45) is 11.8 Å². The first kappa shape index (κ1) is 12.2. The largest absolute Gasteiger partial charge is 0.348 e. The maximum absolute atomic E-state index is 11.3. The molecule has 3 heteroatoms. The molecule has 0 bridgehead atoms. The molecule has 86 valence electrons. The van der Waals surface area contributed by atoms with E-state index in [0.717, 1.165) is 19.5 Å². The maximum atomic E-state index is 11.3. The van der Waals surface area contributed by atoms with Crippen molar-refractivity contribution in [3.63, 3.8) is 0 Å². The summed E-state index contributed by atoms with van der Waals surface area (Å²) < 4.78 is 0. The molecule has 2 atom stereocenters. The molecule has 2 unspecified atom stereocenters. The van der Waals surface area contributed by atoms with Crippen molar-refractivity contribution in [1.82, 2.24) is 10.6 Å². The summed E-state index contributed by atoms with van der Waals surface area (Å²) in [6.45, 7) is 9.89. The van der Waals surface area contributed by atoms with Gasteiger partial charge in [0.15, 0.2) is 0 Å². The van der Waals surface area contributed by atoms with Crippen LogP contribution in [0.2, 0.25) is 0 Å². The highest BCUT2D eigenvalue weighted by atomic mass is 16.1. The number of carbonyl (C=O) groups is 1. The molecule has 0 saturated carbocycles. The Balaban J connectivity index is 2.49. The van der Waals surface area contributed by atoms with E-state index in [1.54, 1.807) is 0 Å². The third kappa shape index (κ3) is 4.04. The topological polar surface area (TPSA) is 41.1 Å². The molecule has 1 rings (SSSR count). The molecule has 0 spiro atoms. The molecule has 2 N–H and O–H groups in total. The SMILES string of the molecule is C=CC(=O)NC1CNCCC1CC(C)C. The van der Waals surface area contributed by atoms with Gasteiger partial charge in [-0.15, -0.1) is 0 Å². The van der Waals surface area contributed by atoms with Crippen LogP contribution >= 0.6 is 0 Å². The zero-order valence-electron chi connectivity index (χ0n) is 9.75. The number of carbonyl (C=O) groups excluding carboxylic acids is 1. The van der Waals surface area contributed by atoms with Crippen molar-refractivity contribution in [3.05, 3.63) is 12.7 Å². The van der Waals surface area contributed by atoms with Gasteiger partial charge < -0.3 is 10.6 Å². The summed E-state index contributed by atoms with van der Waals surface area (Å²) >= 11 is 0. The zero-order valence-corrected chi connectivity index (χ0v) is 9.75. The van der Waals surface area contributed by atoms with Crippen molar-refractivity contribution in [3.8, 4) is 0 Å². The summed E-state index contributed by atoms with van der Waals surface area (Å²) in [6.07, 6.45) is 3.69. The first-order valence-electron chi connectivity index (χ1n) is 5.77. The molecule has 1 aliphatic heterocycles. The summed E-state index contributed by atoms with van der Waals surface area (Å²) in [6, 6.07) is 0.270. The fourth-order valence-corrected chi connectivity index (χ4v) is 2.21. The van der Waals surface area contributed by atoms with Gasteiger partial charge in [0, 0.05) is 12.6 Å². The first-order chi connectivity index (χ1) is 7.13. The molecule has 0 aromatic heterocycles. The smallest absolute Gasteiger partial charge is 0.243 e. The monoisotopic (exact) mass is 210 g/mol. The second-order valence-corrected chi connectivity index (χ2v) is 4.70. The quantitative estimate of drug-likeness (QED) is 0.687. The Morgan fingerprint density at radius 1 is 1.67 bits per heavy atom. The van der Waals surface area contributed by atoms with Gasteiger partial charge in [-0.1, -0.05) is 20.4 Å². The molecule has 1 heterocycles. The van der Waals surface area contributed by atoms with E-state index in [1.165, 1.54) is 12.5 Å². The number of piperidine rings is 1. The molecule has 0 aromatic rings. The van der Waals surface area contributed by atoms with Gasteiger partial charge in [0.05, 0.1) is 0 Å². The lowest BCUT2D eigenvalue weighted by molar-refractivity contribution is -0.117. The van der Waals surface area contributed by atoms with Crippen LogP contribution in [0.3, 0.4) is 0 Å². The third-order valence-corrected chi connectivity index (χ3v) is 2.91. The van der Waals surface area contributed by atoms with E-state index in [-0.39, 0.29) is 11.9 Å². The van der Waals surface area contributed by atoms with Crippen LogP contribution in [-0.4, -0.2) is 25.0 Å². The molecular formula is C12H22N2O. The minimum Gasteiger partial charge on any atom is -0.348 e. The van der Waals surface area contributed by atoms with E-state index in [4.69, 9.17) is 0 Å². The molecule has 0 aliphatic carbocycles. The normalized spacial score (nSPS) is 26.3. The standard InChI is InChI=1S/C12H22N2O/c1-4-12(15)14-11-8-13-6-5-10(11)7-9(2)3/h4,9-11,13H,1,5-8H2,2-3H3,(H,14,15). The average Bonchev–Trinajstić information content (AvgIpc) is 2.20. The van der Waals surface area contributed by atoms with Crippen molar-refractivity contribution in [1.29, 1.82) is 0 Å². The lowest BCUT2D eigenvalue weighted by atomic mass is 9.85. The highest BCUT2D eigenvalue weighted by Crippen LogP contribution is 2.21. The van der Waals surface area contributed by atoms with E-state index in [1.807, 2.05) is 0 Å². The molecule has 1 fully saturated rings. The van der Waals surface area contributed by atoms with Gasteiger partial charge in [0.2, 0.25) is 5.91 Å². The van der Waals surface area contributed by atoms with Gasteiger partial charge in [-0.2, -0.15) is 0 Å². The number of hydrogen-bond acceptors (Lipinski definition) is 2. The summed E-state index contributed by atoms with van der Waals surface area (Å²) in [5.41, 5.74) is 0. The van der Waals surface area contributed by atoms with E-state index >= 15 is 0 Å². The highest BCUT2D eigenvalue weighted by molar-refractivity contribution is 5.87. The van der Waals surface area contributed by atoms with Crippen molar-refractivity contribution >= 4 is 5.91 Å². The molecule has 1 saturated heterocycles. The predicted octanol–water partition coefficient (Wildman–Crippen LogP) is 1.31. The summed E-state index contributed by atoms with van der Waals surface area (Å²) in [5.74, 6) is 1.24. The Bertz CT molecular complexity index is 226. The average molecular weight is 210 g/mol. The third-order valence-electron chi connectivity index (χ3n) is 2.91. The van der Waals surface area contributed by atoms with Gasteiger partial charge in [-0.25, -0.2) is 0 Å². The Morgan fingerprint density at radius 3 is 3.00 bits per heavy atom. The van der Waals surface area contributed by atoms with E-state index in [9.17, 15) is 4.79 Å². The second kappa shape index (κ2) is 5.91. The fraction of sp³-hybridized carbons (Fsp3) is 0.750. The molecular weight excluding hydrogens is 188 g/mol. The Labute approximate surface area is 92.3 Å². The van der Waals surface area contributed by atoms with Gasteiger partial charge in [0.25, 0.3) is 0 Å². The fourth-order valence-electron chi connectivity index (χ4n) is 2.21. The number of amides is 1. The van der Waals surface area contributed by atoms with E-state index in [2.05, 4.69) is 31.1 Å². The zero-order chi connectivity index (χ0) is 11.3. The van der Waals surface area contributed by atoms with Crippen molar-refractivity contribution in [2.45, 2.75) is 32.7 Å². The lowest BCUT2D eigenvalue weighted by Crippen LogP contribution is -2.51. The van der Waals surface area contributed by atoms with Crippen LogP contribution in [0.1, 0.15) is 26.7 Å². The van der Waals surface area contributed by atoms with Gasteiger partial charge >= 0.3 is 0 Å². The minimum atomic E-state index is -0.0579. The van der Waals surface area contributed by atoms with Crippen LogP contribution in [0.15, 0.2) is 12.7 Å². The van der Waals surface area contributed by atoms with Gasteiger partial charge in [-0.3, -0.25) is 4.79 Å². The van der Waals surface area contributed by atoms with Gasteiger partial charge in [0.1, 0.15) is 0 Å². The molecule has 1 amide bonds. The van der Waals surface area contributed by atoms with Crippen LogP contribution in [0.5, 0.6) is 0 Å². The number of nitrogens with one attached hydrogen (secondary N) is 2. The second-order valence-electron chi connectivity index (χ2n) is 4.70. The Kier molecular flexibility index (Phi) is 4.82. The number of rotatable bonds is 4. The van der Waals surface area contributed by atoms with Crippen LogP contribution in [0.4, 0.5) is 0 Å². The van der Waals surface area contributed by atoms with Crippen LogP contribution in [0.25, 0.3) is 0 Å². The Hall–Kier alpha value is -0.830. The van der Waals surface area contributed by atoms with Gasteiger partial charge in [-0.05, 0) is 37.3 Å². The maximum Gasteiger partial charge on any atom is 0.243 e. The van der Waals surface area contributed by atoms with Crippen LogP contribution in [0, 0.1) is 11.8 Å². The predicted molar refractivity (Wildman–Crippen MR) is 62.6 cm³/mol. The van der Waals surface area contributed by atoms with E-state index < -0.39 is 0 Å². The molecule has 1 aliphatic rings. The lowest BCUT2D eigenvalue weighted by Gasteiger charge is -2.33. The Morgan fingerprint density at radius 2 is 2.40 bits per heavy atom. The molecule has 3 nitrogen and oxygen atoms in total. The van der Waals surface area contributed by atoms with Crippen LogP contribution in [-0.2, 0) is 4.79 Å². The highest BCUT2D eigenvalue weighted by Gasteiger charge is 2.26. The van der Waals surface area contributed by atoms with Crippen molar-refractivity contribution < 1.29 is 4.79 Å².